The van der Waals surface area contributed by atoms with Crippen LogP contribution in [0.15, 0.2) is 23.5 Å². The van der Waals surface area contributed by atoms with Crippen LogP contribution in [0, 0.1) is 10.5 Å². The van der Waals surface area contributed by atoms with Crippen LogP contribution < -0.4 is 5.56 Å². The zero-order valence-electron chi connectivity index (χ0n) is 9.10. The maximum absolute atomic E-state index is 11.8. The van der Waals surface area contributed by atoms with E-state index in [0.29, 0.717) is 16.7 Å². The van der Waals surface area contributed by atoms with Crippen LogP contribution in [0.25, 0.3) is 0 Å². The zero-order chi connectivity index (χ0) is 12.4. The van der Waals surface area contributed by atoms with Crippen molar-refractivity contribution in [3.05, 3.63) is 43.6 Å². The first-order chi connectivity index (χ1) is 8.09. The number of hydrogen-bond acceptors (Lipinski definition) is 3. The molecule has 2 rings (SSSR count). The van der Waals surface area contributed by atoms with Crippen LogP contribution in [0.3, 0.4) is 0 Å². The predicted molar refractivity (Wildman–Crippen MR) is 73.2 cm³/mol. The van der Waals surface area contributed by atoms with E-state index in [1.807, 2.05) is 40.3 Å². The molecular formula is C10H10ClIN4O. The molecule has 0 aliphatic heterocycles. The monoisotopic (exact) mass is 364 g/mol. The van der Waals surface area contributed by atoms with Crippen molar-refractivity contribution >= 4 is 34.2 Å². The average Bonchev–Trinajstić information content (AvgIpc) is 2.71. The fourth-order valence-electron chi connectivity index (χ4n) is 1.46. The molecule has 0 atom stereocenters. The topological polar surface area (TPSA) is 52.7 Å². The second-order valence-electron chi connectivity index (χ2n) is 3.52. The van der Waals surface area contributed by atoms with E-state index in [-0.39, 0.29) is 10.7 Å². The summed E-state index contributed by atoms with van der Waals surface area (Å²) in [6.07, 6.45) is 5.09. The maximum atomic E-state index is 11.8. The van der Waals surface area contributed by atoms with Crippen molar-refractivity contribution in [1.82, 2.24) is 19.1 Å². The van der Waals surface area contributed by atoms with E-state index in [9.17, 15) is 4.79 Å². The molecule has 0 amide bonds. The Morgan fingerprint density at radius 3 is 2.71 bits per heavy atom. The number of aromatic nitrogens is 4. The van der Waals surface area contributed by atoms with Gasteiger partial charge in [0.15, 0.2) is 0 Å². The number of hydrogen-bond donors (Lipinski definition) is 0. The average molecular weight is 365 g/mol. The highest BCUT2D eigenvalue weighted by Gasteiger charge is 2.06. The third-order valence-corrected chi connectivity index (χ3v) is 4.02. The highest BCUT2D eigenvalue weighted by molar-refractivity contribution is 14.1. The zero-order valence-corrected chi connectivity index (χ0v) is 12.0. The van der Waals surface area contributed by atoms with Gasteiger partial charge in [-0.05, 0) is 29.5 Å². The minimum atomic E-state index is -0.108. The van der Waals surface area contributed by atoms with E-state index in [2.05, 4.69) is 9.97 Å². The minimum absolute atomic E-state index is 0.108. The number of aryl methyl sites for hydroxylation is 3. The van der Waals surface area contributed by atoms with Gasteiger partial charge in [-0.25, -0.2) is 9.97 Å². The van der Waals surface area contributed by atoms with E-state index < -0.39 is 0 Å². The molecule has 0 aliphatic rings. The Morgan fingerprint density at radius 2 is 2.06 bits per heavy atom. The Hall–Kier alpha value is -0.890. The van der Waals surface area contributed by atoms with Crippen molar-refractivity contribution in [2.75, 3.05) is 0 Å². The van der Waals surface area contributed by atoms with Gasteiger partial charge in [-0.15, -0.1) is 0 Å². The third-order valence-electron chi connectivity index (χ3n) is 2.45. The quantitative estimate of drug-likeness (QED) is 0.615. The molecule has 0 N–H and O–H groups in total. The van der Waals surface area contributed by atoms with Gasteiger partial charge in [0, 0.05) is 25.5 Å². The highest BCUT2D eigenvalue weighted by atomic mass is 127. The van der Waals surface area contributed by atoms with E-state index in [1.54, 1.807) is 10.8 Å². The smallest absolute Gasteiger partial charge is 0.268 e. The molecule has 5 nitrogen and oxygen atoms in total. The summed E-state index contributed by atoms with van der Waals surface area (Å²) in [5, 5.41) is 0.255. The first-order valence-corrected chi connectivity index (χ1v) is 6.43. The van der Waals surface area contributed by atoms with E-state index in [4.69, 9.17) is 11.6 Å². The van der Waals surface area contributed by atoms with Crippen LogP contribution in [0.5, 0.6) is 0 Å². The molecule has 0 bridgehead atoms. The first-order valence-electron chi connectivity index (χ1n) is 4.98. The van der Waals surface area contributed by atoms with E-state index >= 15 is 0 Å². The minimum Gasteiger partial charge on any atom is -0.333 e. The Balaban J connectivity index is 2.18. The largest absolute Gasteiger partial charge is 0.333 e. The lowest BCUT2D eigenvalue weighted by Crippen LogP contribution is -2.25. The summed E-state index contributed by atoms with van der Waals surface area (Å²) >= 11 is 7.67. The Morgan fingerprint density at radius 1 is 1.35 bits per heavy atom. The molecule has 0 aliphatic carbocycles. The summed E-state index contributed by atoms with van der Waals surface area (Å²) < 4.78 is 3.98. The molecular weight excluding hydrogens is 354 g/mol. The lowest BCUT2D eigenvalue weighted by atomic mass is 10.5. The van der Waals surface area contributed by atoms with Crippen LogP contribution in [-0.4, -0.2) is 19.1 Å². The summed E-state index contributed by atoms with van der Waals surface area (Å²) in [5.41, 5.74) is -0.108. The fourth-order valence-corrected chi connectivity index (χ4v) is 2.03. The molecule has 0 spiro atoms. The van der Waals surface area contributed by atoms with Gasteiger partial charge in [0.05, 0.1) is 6.33 Å². The van der Waals surface area contributed by atoms with Gasteiger partial charge >= 0.3 is 0 Å². The highest BCUT2D eigenvalue weighted by Crippen LogP contribution is 2.09. The van der Waals surface area contributed by atoms with Crippen LogP contribution in [0.4, 0.5) is 0 Å². The molecule has 2 heterocycles. The van der Waals surface area contributed by atoms with Crippen LogP contribution in [-0.2, 0) is 13.1 Å². The van der Waals surface area contributed by atoms with Gasteiger partial charge in [-0.3, -0.25) is 9.36 Å². The molecule has 0 fully saturated rings. The van der Waals surface area contributed by atoms with Crippen molar-refractivity contribution in [3.8, 4) is 0 Å². The van der Waals surface area contributed by atoms with Gasteiger partial charge in [-0.1, -0.05) is 11.6 Å². The SMILES string of the molecule is Cc1nccn1CCn1cnc(Cl)c(I)c1=O. The van der Waals surface area contributed by atoms with Gasteiger partial charge in [0.1, 0.15) is 14.5 Å². The van der Waals surface area contributed by atoms with E-state index in [0.717, 1.165) is 5.82 Å². The normalized spacial score (nSPS) is 10.8. The number of nitrogens with zero attached hydrogens (tertiary/aromatic N) is 4. The summed E-state index contributed by atoms with van der Waals surface area (Å²) in [6.45, 7) is 3.16. The van der Waals surface area contributed by atoms with Crippen molar-refractivity contribution in [1.29, 1.82) is 0 Å². The van der Waals surface area contributed by atoms with Gasteiger partial charge in [-0.2, -0.15) is 0 Å². The standard InChI is InChI=1S/C10H10ClIN4O/c1-7-13-2-3-15(7)4-5-16-6-14-9(11)8(12)10(16)17/h2-3,6H,4-5H2,1H3. The van der Waals surface area contributed by atoms with Crippen molar-refractivity contribution in [2.45, 2.75) is 20.0 Å². The molecule has 2 aromatic heterocycles. The maximum Gasteiger partial charge on any atom is 0.268 e. The fraction of sp³-hybridized carbons (Fsp3) is 0.300. The van der Waals surface area contributed by atoms with E-state index in [1.165, 1.54) is 6.33 Å². The number of rotatable bonds is 3. The summed E-state index contributed by atoms with van der Waals surface area (Å²) in [5.74, 6) is 0.926. The van der Waals surface area contributed by atoms with Crippen LogP contribution in [0.1, 0.15) is 5.82 Å². The van der Waals surface area contributed by atoms with Crippen molar-refractivity contribution in [2.24, 2.45) is 0 Å². The van der Waals surface area contributed by atoms with Gasteiger partial charge in [0.25, 0.3) is 5.56 Å². The first kappa shape index (κ1) is 12.6. The lowest BCUT2D eigenvalue weighted by Gasteiger charge is -2.08. The molecule has 0 saturated carbocycles. The van der Waals surface area contributed by atoms with Crippen LogP contribution in [0.2, 0.25) is 5.15 Å². The number of imidazole rings is 1. The molecule has 0 unspecified atom stereocenters. The van der Waals surface area contributed by atoms with Gasteiger partial charge in [0.2, 0.25) is 0 Å². The predicted octanol–water partition coefficient (Wildman–Crippen LogP) is 1.71. The lowest BCUT2D eigenvalue weighted by molar-refractivity contribution is 0.547. The summed E-state index contributed by atoms with van der Waals surface area (Å²) in [6, 6.07) is 0. The number of halogens is 2. The molecule has 90 valence electrons. The Kier molecular flexibility index (Phi) is 3.82. The summed E-state index contributed by atoms with van der Waals surface area (Å²) in [7, 11) is 0. The second-order valence-corrected chi connectivity index (χ2v) is 4.95. The molecule has 0 aromatic carbocycles. The molecule has 2 aromatic rings. The molecule has 0 saturated heterocycles. The third kappa shape index (κ3) is 2.68. The van der Waals surface area contributed by atoms with Crippen LogP contribution >= 0.6 is 34.2 Å². The Bertz CT molecular complexity index is 592. The summed E-state index contributed by atoms with van der Waals surface area (Å²) in [4.78, 5) is 19.9. The van der Waals surface area contributed by atoms with Gasteiger partial charge < -0.3 is 4.57 Å². The molecule has 0 radical (unpaired) electrons. The Labute approximate surface area is 117 Å². The molecule has 7 heteroatoms. The second kappa shape index (κ2) is 5.18. The van der Waals surface area contributed by atoms with Crippen molar-refractivity contribution in [3.63, 3.8) is 0 Å². The molecule has 17 heavy (non-hydrogen) atoms. The van der Waals surface area contributed by atoms with Crippen molar-refractivity contribution < 1.29 is 0 Å².